The molecular weight excluding hydrogens is 685 g/mol. The van der Waals surface area contributed by atoms with Gasteiger partial charge in [-0.15, -0.1) is 10.2 Å². The van der Waals surface area contributed by atoms with Gasteiger partial charge in [-0.2, -0.15) is 9.78 Å². The summed E-state index contributed by atoms with van der Waals surface area (Å²) in [6.45, 7) is 18.0. The molecule has 1 saturated carbocycles. The van der Waals surface area contributed by atoms with Crippen molar-refractivity contribution in [1.82, 2.24) is 30.0 Å². The number of fused-ring (bicyclic) bond motifs is 1. The number of nitrogens with one attached hydrogen (secondary N) is 1. The highest BCUT2D eigenvalue weighted by Gasteiger charge is 2.46. The van der Waals surface area contributed by atoms with E-state index in [4.69, 9.17) is 20.6 Å². The minimum absolute atomic E-state index is 0.00372. The van der Waals surface area contributed by atoms with Crippen molar-refractivity contribution in [1.29, 1.82) is 0 Å². The third-order valence-electron chi connectivity index (χ3n) is 10.9. The number of nitrogens with two attached hydrogens (primary N) is 1. The molecule has 1 fully saturated rings. The number of aromatic nitrogens is 3. The van der Waals surface area contributed by atoms with Crippen LogP contribution in [-0.4, -0.2) is 119 Å². The Morgan fingerprint density at radius 2 is 1.61 bits per heavy atom. The van der Waals surface area contributed by atoms with E-state index in [1.165, 1.54) is 11.3 Å². The summed E-state index contributed by atoms with van der Waals surface area (Å²) in [4.78, 5) is 49.8. The zero-order valence-electron chi connectivity index (χ0n) is 34.4. The number of aliphatic imine (C=N–C) groups is 1. The monoisotopic (exact) mass is 749 g/mol. The minimum atomic E-state index is -0.677. The molecule has 0 radical (unpaired) electrons. The smallest absolute Gasteiger partial charge is 0.242 e. The highest BCUT2D eigenvalue weighted by atomic mass is 16.5. The lowest BCUT2D eigenvalue weighted by Gasteiger charge is -2.41. The topological polar surface area (TPSA) is 164 Å². The third kappa shape index (κ3) is 10.5. The van der Waals surface area contributed by atoms with E-state index >= 15 is 0 Å². The number of carbonyl (C=O) groups is 3. The van der Waals surface area contributed by atoms with Gasteiger partial charge in [-0.05, 0) is 70.2 Å². The van der Waals surface area contributed by atoms with Gasteiger partial charge < -0.3 is 30.5 Å². The van der Waals surface area contributed by atoms with Gasteiger partial charge in [-0.3, -0.25) is 14.4 Å². The summed E-state index contributed by atoms with van der Waals surface area (Å²) >= 11 is 0. The first-order valence-electron chi connectivity index (χ1n) is 19.4. The van der Waals surface area contributed by atoms with Gasteiger partial charge in [-0.25, -0.2) is 4.99 Å². The van der Waals surface area contributed by atoms with E-state index in [1.807, 2.05) is 64.0 Å². The van der Waals surface area contributed by atoms with Crippen molar-refractivity contribution >= 4 is 40.5 Å². The van der Waals surface area contributed by atoms with Crippen LogP contribution in [-0.2, 0) is 24.5 Å². The largest absolute Gasteiger partial charge is 0.382 e. The second-order valence-corrected chi connectivity index (χ2v) is 16.9. The van der Waals surface area contributed by atoms with Crippen molar-refractivity contribution in [3.63, 3.8) is 0 Å². The summed E-state index contributed by atoms with van der Waals surface area (Å²) in [5.41, 5.74) is 7.22. The zero-order chi connectivity index (χ0) is 39.8. The van der Waals surface area contributed by atoms with Crippen LogP contribution in [0.5, 0.6) is 0 Å². The molecule has 0 unspecified atom stereocenters. The number of hydrogen-bond donors (Lipinski definition) is 2. The molecule has 14 nitrogen and oxygen atoms in total. The number of rotatable bonds is 18. The Bertz CT molecular complexity index is 1660. The third-order valence-corrected chi connectivity index (χ3v) is 10.9. The van der Waals surface area contributed by atoms with Gasteiger partial charge >= 0.3 is 0 Å². The molecule has 2 heterocycles. The van der Waals surface area contributed by atoms with Crippen molar-refractivity contribution in [3.05, 3.63) is 35.9 Å². The molecule has 4 rings (SSSR count). The molecule has 0 atom stereocenters. The van der Waals surface area contributed by atoms with Crippen LogP contribution < -0.4 is 16.0 Å². The average Bonchev–Trinajstić information content (AvgIpc) is 3.69. The van der Waals surface area contributed by atoms with Gasteiger partial charge in [0.2, 0.25) is 23.5 Å². The maximum absolute atomic E-state index is 14.1. The Balaban J connectivity index is 1.56. The number of benzene rings is 1. The first-order valence-corrected chi connectivity index (χ1v) is 19.4. The predicted octanol–water partition coefficient (Wildman–Crippen LogP) is 4.52. The highest BCUT2D eigenvalue weighted by Crippen LogP contribution is 2.37. The summed E-state index contributed by atoms with van der Waals surface area (Å²) in [5.74, 6) is 0.461. The molecule has 0 saturated heterocycles. The van der Waals surface area contributed by atoms with E-state index in [0.29, 0.717) is 56.0 Å². The van der Waals surface area contributed by atoms with Crippen LogP contribution in [0.4, 0.5) is 11.4 Å². The molecule has 298 valence electrons. The molecular formula is C40H64N10O4. The fourth-order valence-corrected chi connectivity index (χ4v) is 6.82. The van der Waals surface area contributed by atoms with Gasteiger partial charge in [0, 0.05) is 62.5 Å². The van der Waals surface area contributed by atoms with Crippen LogP contribution in [0, 0.1) is 11.3 Å². The van der Waals surface area contributed by atoms with Crippen molar-refractivity contribution < 1.29 is 19.1 Å². The number of primary amides is 1. The van der Waals surface area contributed by atoms with Gasteiger partial charge in [0.05, 0.1) is 31.0 Å². The number of ether oxygens (including phenoxy) is 1. The van der Waals surface area contributed by atoms with E-state index in [1.54, 1.807) is 9.58 Å². The molecule has 2 aromatic rings. The van der Waals surface area contributed by atoms with Crippen molar-refractivity contribution in [3.8, 4) is 0 Å². The maximum Gasteiger partial charge on any atom is 0.242 e. The standard InChI is InChI=1S/C40H64N10O4/c1-11-54-23-15-22-48(26-31(41)51)33(53)27-49(25-28-16-13-12-14-17-28)32(52)24-42-40(7,8)39(5,6)37-45-44-36-34(35(38(2,3)4)46-50(36)37)43-29-18-20-30(21-19-29)47(9)10/h18-21,28,42H,11-17,22-27H2,1-10H3,(H2,41,51). The van der Waals surface area contributed by atoms with Crippen molar-refractivity contribution in [2.24, 2.45) is 27.2 Å². The first-order chi connectivity index (χ1) is 25.4. The van der Waals surface area contributed by atoms with E-state index in [-0.39, 0.29) is 36.9 Å². The first kappa shape index (κ1) is 42.6. The van der Waals surface area contributed by atoms with Crippen LogP contribution in [0.1, 0.15) is 106 Å². The van der Waals surface area contributed by atoms with Gasteiger partial charge in [0.1, 0.15) is 5.71 Å². The second-order valence-electron chi connectivity index (χ2n) is 16.9. The lowest BCUT2D eigenvalue weighted by atomic mass is 9.73. The zero-order valence-corrected chi connectivity index (χ0v) is 34.4. The molecule has 3 N–H and O–H groups in total. The highest BCUT2D eigenvalue weighted by molar-refractivity contribution is 6.50. The van der Waals surface area contributed by atoms with Crippen LogP contribution >= 0.6 is 0 Å². The number of anilines is 1. The molecule has 1 aliphatic heterocycles. The summed E-state index contributed by atoms with van der Waals surface area (Å²) < 4.78 is 7.24. The van der Waals surface area contributed by atoms with Crippen LogP contribution in [0.15, 0.2) is 34.4 Å². The van der Waals surface area contributed by atoms with E-state index in [9.17, 15) is 14.4 Å². The van der Waals surface area contributed by atoms with Crippen molar-refractivity contribution in [2.45, 2.75) is 105 Å². The Labute approximate surface area is 322 Å². The van der Waals surface area contributed by atoms with Crippen LogP contribution in [0.3, 0.4) is 0 Å². The number of amides is 3. The Morgan fingerprint density at radius 1 is 0.944 bits per heavy atom. The molecule has 3 amide bonds. The molecule has 1 aromatic carbocycles. The lowest BCUT2D eigenvalue weighted by molar-refractivity contribution is -0.142. The van der Waals surface area contributed by atoms with E-state index < -0.39 is 16.9 Å². The summed E-state index contributed by atoms with van der Waals surface area (Å²) in [5, 5.41) is 17.9. The average molecular weight is 749 g/mol. The maximum atomic E-state index is 14.1. The Hall–Kier alpha value is -4.17. The van der Waals surface area contributed by atoms with Gasteiger partial charge in [0.15, 0.2) is 5.82 Å². The Kier molecular flexibility index (Phi) is 14.2. The number of carbonyl (C=O) groups excluding carboxylic acids is 3. The number of hydrogen-bond acceptors (Lipinski definition) is 10. The SMILES string of the molecule is CCOCCCN(CC(N)=O)C(=O)CN(CC1CCCCC1)C(=O)CNC(C)(C)C(C)(C)c1nnc2n1N=C(C(C)(C)C)C2=Nc1ccc(N(C)C)cc1. The molecule has 0 bridgehead atoms. The summed E-state index contributed by atoms with van der Waals surface area (Å²) in [6.07, 6.45) is 6.02. The van der Waals surface area contributed by atoms with E-state index in [2.05, 4.69) is 50.1 Å². The number of nitrogens with zero attached hydrogens (tertiary/aromatic N) is 8. The second kappa shape index (κ2) is 18.0. The summed E-state index contributed by atoms with van der Waals surface area (Å²) in [6, 6.07) is 8.04. The van der Waals surface area contributed by atoms with Crippen molar-refractivity contribution in [2.75, 3.05) is 64.9 Å². The molecule has 14 heteroatoms. The normalized spacial score (nSPS) is 16.0. The van der Waals surface area contributed by atoms with Crippen LogP contribution in [0.2, 0.25) is 0 Å². The lowest BCUT2D eigenvalue weighted by Crippen LogP contribution is -2.58. The molecule has 2 aliphatic rings. The summed E-state index contributed by atoms with van der Waals surface area (Å²) in [7, 11) is 4.01. The van der Waals surface area contributed by atoms with Crippen LogP contribution in [0.25, 0.3) is 0 Å². The predicted molar refractivity (Wildman–Crippen MR) is 214 cm³/mol. The fraction of sp³-hybridized carbons (Fsp3) is 0.675. The van der Waals surface area contributed by atoms with Gasteiger partial charge in [0.25, 0.3) is 0 Å². The molecule has 1 aromatic heterocycles. The fourth-order valence-electron chi connectivity index (χ4n) is 6.82. The molecule has 0 spiro atoms. The quantitative estimate of drug-likeness (QED) is 0.210. The minimum Gasteiger partial charge on any atom is -0.382 e. The Morgan fingerprint density at radius 3 is 2.20 bits per heavy atom. The molecule has 1 aliphatic carbocycles. The van der Waals surface area contributed by atoms with Gasteiger partial charge in [-0.1, -0.05) is 53.9 Å². The molecule has 54 heavy (non-hydrogen) atoms. The van der Waals surface area contributed by atoms with E-state index in [0.717, 1.165) is 42.8 Å².